The third-order valence-corrected chi connectivity index (χ3v) is 3.02. The highest BCUT2D eigenvalue weighted by Crippen LogP contribution is 2.30. The second kappa shape index (κ2) is 5.44. The first-order chi connectivity index (χ1) is 9.77. The van der Waals surface area contributed by atoms with E-state index < -0.39 is 5.97 Å². The molecule has 1 aromatic heterocycles. The molecule has 0 aliphatic heterocycles. The Labute approximate surface area is 123 Å². The van der Waals surface area contributed by atoms with E-state index in [9.17, 15) is 4.79 Å². The first kappa shape index (κ1) is 14.8. The van der Waals surface area contributed by atoms with E-state index in [-0.39, 0.29) is 17.0 Å². The predicted molar refractivity (Wildman–Crippen MR) is 80.8 cm³/mol. The summed E-state index contributed by atoms with van der Waals surface area (Å²) < 4.78 is 5.64. The number of carboxylic acid groups (broad SMARTS) is 1. The second-order valence-electron chi connectivity index (χ2n) is 5.78. The van der Waals surface area contributed by atoms with Crippen LogP contribution in [0.15, 0.2) is 36.4 Å². The lowest BCUT2D eigenvalue weighted by Gasteiger charge is -2.19. The summed E-state index contributed by atoms with van der Waals surface area (Å²) in [4.78, 5) is 14.9. The minimum atomic E-state index is -1.12. The van der Waals surface area contributed by atoms with Crippen molar-refractivity contribution < 1.29 is 14.6 Å². The van der Waals surface area contributed by atoms with Crippen molar-refractivity contribution in [1.82, 2.24) is 4.98 Å². The molecular formula is C16H18N2O3. The molecule has 0 radical (unpaired) electrons. The molecule has 0 saturated heterocycles. The third-order valence-electron chi connectivity index (χ3n) is 3.02. The highest BCUT2D eigenvalue weighted by molar-refractivity contribution is 5.86. The van der Waals surface area contributed by atoms with Crippen molar-refractivity contribution in [1.29, 1.82) is 0 Å². The monoisotopic (exact) mass is 286 g/mol. The number of ether oxygens (including phenoxy) is 1. The zero-order chi connectivity index (χ0) is 15.6. The van der Waals surface area contributed by atoms with Gasteiger partial charge in [-0.1, -0.05) is 32.9 Å². The Morgan fingerprint density at radius 1 is 1.24 bits per heavy atom. The lowest BCUT2D eigenvalue weighted by Crippen LogP contribution is -2.10. The number of rotatable bonds is 3. The zero-order valence-corrected chi connectivity index (χ0v) is 12.3. The molecule has 2 aromatic rings. The minimum absolute atomic E-state index is 0.0126. The maximum absolute atomic E-state index is 10.9. The fourth-order valence-electron chi connectivity index (χ4n) is 1.79. The lowest BCUT2D eigenvalue weighted by molar-refractivity contribution is 0.0689. The van der Waals surface area contributed by atoms with Gasteiger partial charge < -0.3 is 15.6 Å². The maximum atomic E-state index is 10.9. The summed E-state index contributed by atoms with van der Waals surface area (Å²) in [6, 6.07) is 10.4. The molecule has 110 valence electrons. The van der Waals surface area contributed by atoms with Crippen molar-refractivity contribution in [3.05, 3.63) is 47.7 Å². The number of aromatic nitrogens is 1. The smallest absolute Gasteiger partial charge is 0.354 e. The number of aromatic carboxylic acids is 1. The molecule has 0 unspecified atom stereocenters. The zero-order valence-electron chi connectivity index (χ0n) is 12.3. The van der Waals surface area contributed by atoms with Crippen LogP contribution < -0.4 is 10.5 Å². The first-order valence-electron chi connectivity index (χ1n) is 6.55. The van der Waals surface area contributed by atoms with Gasteiger partial charge in [0.1, 0.15) is 5.75 Å². The Hall–Kier alpha value is -2.56. The normalized spacial score (nSPS) is 11.2. The molecule has 1 aromatic carbocycles. The number of anilines is 1. The highest BCUT2D eigenvalue weighted by Gasteiger charge is 2.15. The van der Waals surface area contributed by atoms with Gasteiger partial charge in [0.25, 0.3) is 0 Å². The van der Waals surface area contributed by atoms with Gasteiger partial charge in [-0.2, -0.15) is 0 Å². The van der Waals surface area contributed by atoms with Crippen molar-refractivity contribution >= 4 is 11.7 Å². The number of nitrogens with two attached hydrogens (primary N) is 1. The number of benzene rings is 1. The molecule has 3 N–H and O–H groups in total. The van der Waals surface area contributed by atoms with E-state index in [1.165, 1.54) is 12.1 Å². The molecule has 0 fully saturated rings. The van der Waals surface area contributed by atoms with Crippen molar-refractivity contribution in [3.63, 3.8) is 0 Å². The van der Waals surface area contributed by atoms with Crippen LogP contribution in [0.1, 0.15) is 36.8 Å². The van der Waals surface area contributed by atoms with E-state index in [4.69, 9.17) is 15.6 Å². The Morgan fingerprint density at radius 3 is 2.57 bits per heavy atom. The topological polar surface area (TPSA) is 85.4 Å². The molecular weight excluding hydrogens is 268 g/mol. The molecule has 5 heteroatoms. The standard InChI is InChI=1S/C16H18N2O3/c1-16(2,3)10-5-4-6-11(9-10)21-14-12(17)7-8-13(18-14)15(19)20/h4-9H,17H2,1-3H3,(H,19,20). The fraction of sp³-hybridized carbons (Fsp3) is 0.250. The summed E-state index contributed by atoms with van der Waals surface area (Å²) in [5, 5.41) is 8.96. The van der Waals surface area contributed by atoms with Crippen molar-refractivity contribution in [3.8, 4) is 11.6 Å². The molecule has 0 amide bonds. The van der Waals surface area contributed by atoms with Gasteiger partial charge >= 0.3 is 5.97 Å². The van der Waals surface area contributed by atoms with Crippen molar-refractivity contribution in [2.75, 3.05) is 5.73 Å². The van der Waals surface area contributed by atoms with Gasteiger partial charge in [-0.25, -0.2) is 9.78 Å². The Bertz CT molecular complexity index is 675. The maximum Gasteiger partial charge on any atom is 0.354 e. The van der Waals surface area contributed by atoms with E-state index in [0.717, 1.165) is 5.56 Å². The van der Waals surface area contributed by atoms with Crippen LogP contribution in [0.2, 0.25) is 0 Å². The molecule has 1 heterocycles. The van der Waals surface area contributed by atoms with Gasteiger partial charge in [0, 0.05) is 0 Å². The van der Waals surface area contributed by atoms with Gasteiger partial charge in [-0.05, 0) is 35.2 Å². The second-order valence-corrected chi connectivity index (χ2v) is 5.78. The molecule has 0 aliphatic rings. The van der Waals surface area contributed by atoms with Crippen LogP contribution in [0.5, 0.6) is 11.6 Å². The third kappa shape index (κ3) is 3.51. The van der Waals surface area contributed by atoms with Gasteiger partial charge in [0.15, 0.2) is 5.69 Å². The highest BCUT2D eigenvalue weighted by atomic mass is 16.5. The number of nitrogen functional groups attached to an aromatic ring is 1. The summed E-state index contributed by atoms with van der Waals surface area (Å²) in [6.07, 6.45) is 0. The van der Waals surface area contributed by atoms with Crippen LogP contribution in [0, 0.1) is 0 Å². The van der Waals surface area contributed by atoms with Crippen LogP contribution >= 0.6 is 0 Å². The van der Waals surface area contributed by atoms with Crippen LogP contribution in [0.25, 0.3) is 0 Å². The molecule has 21 heavy (non-hydrogen) atoms. The van der Waals surface area contributed by atoms with Gasteiger partial charge in [0.2, 0.25) is 5.88 Å². The molecule has 0 bridgehead atoms. The summed E-state index contributed by atoms with van der Waals surface area (Å²) in [5.74, 6) is -0.451. The minimum Gasteiger partial charge on any atom is -0.477 e. The molecule has 0 aliphatic carbocycles. The molecule has 0 atom stereocenters. The average Bonchev–Trinajstić information content (AvgIpc) is 2.40. The molecule has 0 spiro atoms. The first-order valence-corrected chi connectivity index (χ1v) is 6.55. The number of hydrogen-bond acceptors (Lipinski definition) is 4. The SMILES string of the molecule is CC(C)(C)c1cccc(Oc2nc(C(=O)O)ccc2N)c1. The van der Waals surface area contributed by atoms with Crippen LogP contribution in [-0.4, -0.2) is 16.1 Å². The quantitative estimate of drug-likeness (QED) is 0.902. The molecule has 2 rings (SSSR count). The molecule has 5 nitrogen and oxygen atoms in total. The fourth-order valence-corrected chi connectivity index (χ4v) is 1.79. The Morgan fingerprint density at radius 2 is 1.95 bits per heavy atom. The van der Waals surface area contributed by atoms with E-state index >= 15 is 0 Å². The lowest BCUT2D eigenvalue weighted by atomic mass is 9.87. The van der Waals surface area contributed by atoms with E-state index in [2.05, 4.69) is 25.8 Å². The summed E-state index contributed by atoms with van der Waals surface area (Å²) in [6.45, 7) is 6.30. The van der Waals surface area contributed by atoms with E-state index in [1.54, 1.807) is 6.07 Å². The summed E-state index contributed by atoms with van der Waals surface area (Å²) >= 11 is 0. The Kier molecular flexibility index (Phi) is 3.84. The van der Waals surface area contributed by atoms with Crippen molar-refractivity contribution in [2.24, 2.45) is 0 Å². The van der Waals surface area contributed by atoms with E-state index in [1.807, 2.05) is 18.2 Å². The largest absolute Gasteiger partial charge is 0.477 e. The van der Waals surface area contributed by atoms with E-state index in [0.29, 0.717) is 11.4 Å². The summed E-state index contributed by atoms with van der Waals surface area (Å²) in [7, 11) is 0. The number of carboxylic acids is 1. The number of nitrogens with zero attached hydrogens (tertiary/aromatic N) is 1. The number of pyridine rings is 1. The molecule has 0 saturated carbocycles. The summed E-state index contributed by atoms with van der Waals surface area (Å²) in [5.41, 5.74) is 7.06. The van der Waals surface area contributed by atoms with Gasteiger partial charge in [-0.3, -0.25) is 0 Å². The Balaban J connectivity index is 2.34. The number of hydrogen-bond donors (Lipinski definition) is 2. The average molecular weight is 286 g/mol. The van der Waals surface area contributed by atoms with Crippen LogP contribution in [-0.2, 0) is 5.41 Å². The van der Waals surface area contributed by atoms with Crippen LogP contribution in [0.4, 0.5) is 5.69 Å². The van der Waals surface area contributed by atoms with Gasteiger partial charge in [-0.15, -0.1) is 0 Å². The van der Waals surface area contributed by atoms with Gasteiger partial charge in [0.05, 0.1) is 5.69 Å². The number of carbonyl (C=O) groups is 1. The van der Waals surface area contributed by atoms with Crippen molar-refractivity contribution in [2.45, 2.75) is 26.2 Å². The predicted octanol–water partition coefficient (Wildman–Crippen LogP) is 3.45. The van der Waals surface area contributed by atoms with Crippen LogP contribution in [0.3, 0.4) is 0 Å².